The summed E-state index contributed by atoms with van der Waals surface area (Å²) < 4.78 is 13.0. The predicted octanol–water partition coefficient (Wildman–Crippen LogP) is 4.39. The number of halogens is 1. The molecule has 1 atom stereocenters. The van der Waals surface area contributed by atoms with Gasteiger partial charge in [-0.1, -0.05) is 29.5 Å². The zero-order valence-corrected chi connectivity index (χ0v) is 17.6. The van der Waals surface area contributed by atoms with E-state index in [9.17, 15) is 14.0 Å². The molecule has 3 aromatic rings. The van der Waals surface area contributed by atoms with Crippen LogP contribution in [-0.4, -0.2) is 39.2 Å². The average Bonchev–Trinajstić information content (AvgIpc) is 3.44. The highest BCUT2D eigenvalue weighted by molar-refractivity contribution is 8.00. The van der Waals surface area contributed by atoms with Crippen molar-refractivity contribution in [3.63, 3.8) is 0 Å². The summed E-state index contributed by atoms with van der Waals surface area (Å²) in [6.45, 7) is 0.676. The first-order valence-corrected chi connectivity index (χ1v) is 11.3. The molecule has 9 heteroatoms. The highest BCUT2D eigenvalue weighted by Crippen LogP contribution is 2.34. The average molecular weight is 443 g/mol. The van der Waals surface area contributed by atoms with Gasteiger partial charge in [0.25, 0.3) is 5.91 Å². The van der Waals surface area contributed by atoms with Crippen LogP contribution in [-0.2, 0) is 4.79 Å². The molecule has 2 heterocycles. The van der Waals surface area contributed by atoms with Gasteiger partial charge in [0.2, 0.25) is 10.9 Å². The molecular formula is C21H19FN4O2S2. The Labute approximate surface area is 181 Å². The molecule has 154 valence electrons. The number of nitrogens with one attached hydrogen (secondary N) is 1. The van der Waals surface area contributed by atoms with Gasteiger partial charge in [-0.25, -0.2) is 4.39 Å². The van der Waals surface area contributed by atoms with Crippen molar-refractivity contribution in [3.05, 3.63) is 70.4 Å². The molecule has 30 heavy (non-hydrogen) atoms. The van der Waals surface area contributed by atoms with Crippen molar-refractivity contribution in [2.24, 2.45) is 0 Å². The minimum Gasteiger partial charge on any atom is -0.332 e. The first-order chi connectivity index (χ1) is 14.6. The molecule has 1 N–H and O–H groups in total. The van der Waals surface area contributed by atoms with Crippen LogP contribution in [0.1, 0.15) is 33.7 Å². The number of rotatable bonds is 6. The molecule has 0 saturated carbocycles. The lowest BCUT2D eigenvalue weighted by Gasteiger charge is -2.22. The highest BCUT2D eigenvalue weighted by Gasteiger charge is 2.33. The first kappa shape index (κ1) is 20.5. The van der Waals surface area contributed by atoms with E-state index in [1.54, 1.807) is 0 Å². The minimum atomic E-state index is -0.402. The number of nitrogens with zero attached hydrogens (tertiary/aromatic N) is 3. The van der Waals surface area contributed by atoms with Crippen LogP contribution in [0.4, 0.5) is 10.1 Å². The summed E-state index contributed by atoms with van der Waals surface area (Å²) in [5.41, 5.74) is 0.480. The third kappa shape index (κ3) is 4.85. The zero-order valence-electron chi connectivity index (χ0n) is 16.0. The normalized spacial score (nSPS) is 15.9. The number of aromatic nitrogens is 2. The smallest absolute Gasteiger partial charge is 0.286 e. The quantitative estimate of drug-likeness (QED) is 0.573. The van der Waals surface area contributed by atoms with Crippen molar-refractivity contribution in [1.29, 1.82) is 0 Å². The number of thioether (sulfide) groups is 1. The topological polar surface area (TPSA) is 75.2 Å². The standard InChI is InChI=1S/C21H19FN4O2S2/c22-14-8-10-15(11-9-14)23-19(28)21-25-24-20(30-21)17-7-4-12-26(17)18(27)13-29-16-5-2-1-3-6-16/h1-3,5-6,8-11,17H,4,7,12-13H2,(H,23,28)/t17-/m0/s1. The second-order valence-corrected chi connectivity index (χ2v) is 8.81. The number of carbonyl (C=O) groups excluding carboxylic acids is 2. The molecule has 1 aliphatic heterocycles. The maximum Gasteiger partial charge on any atom is 0.286 e. The van der Waals surface area contributed by atoms with Crippen molar-refractivity contribution in [2.45, 2.75) is 23.8 Å². The second-order valence-electron chi connectivity index (χ2n) is 6.75. The minimum absolute atomic E-state index is 0.0545. The van der Waals surface area contributed by atoms with E-state index in [1.165, 1.54) is 47.4 Å². The van der Waals surface area contributed by atoms with Gasteiger partial charge in [-0.3, -0.25) is 9.59 Å². The van der Waals surface area contributed by atoms with Crippen LogP contribution >= 0.6 is 23.1 Å². The molecule has 4 rings (SSSR count). The SMILES string of the molecule is O=C(Nc1ccc(F)cc1)c1nnc([C@@H]2CCCN2C(=O)CSc2ccccc2)s1. The molecule has 1 aromatic heterocycles. The number of hydrogen-bond donors (Lipinski definition) is 1. The fourth-order valence-electron chi connectivity index (χ4n) is 3.25. The van der Waals surface area contributed by atoms with E-state index in [0.29, 0.717) is 23.0 Å². The summed E-state index contributed by atoms with van der Waals surface area (Å²) in [5.74, 6) is -0.362. The van der Waals surface area contributed by atoms with Crippen LogP contribution in [0.2, 0.25) is 0 Å². The van der Waals surface area contributed by atoms with Gasteiger partial charge in [0.1, 0.15) is 10.8 Å². The van der Waals surface area contributed by atoms with Gasteiger partial charge in [0.05, 0.1) is 11.8 Å². The van der Waals surface area contributed by atoms with E-state index in [4.69, 9.17) is 0 Å². The van der Waals surface area contributed by atoms with Crippen molar-refractivity contribution in [1.82, 2.24) is 15.1 Å². The number of hydrogen-bond acceptors (Lipinski definition) is 6. The van der Waals surface area contributed by atoms with Crippen LogP contribution in [0.3, 0.4) is 0 Å². The molecule has 0 aliphatic carbocycles. The van der Waals surface area contributed by atoms with Crippen LogP contribution in [0.25, 0.3) is 0 Å². The third-order valence-corrected chi connectivity index (χ3v) is 6.72. The first-order valence-electron chi connectivity index (χ1n) is 9.48. The van der Waals surface area contributed by atoms with Gasteiger partial charge in [-0.15, -0.1) is 22.0 Å². The van der Waals surface area contributed by atoms with Crippen molar-refractivity contribution in [3.8, 4) is 0 Å². The monoisotopic (exact) mass is 442 g/mol. The Balaban J connectivity index is 1.39. The maximum atomic E-state index is 13.0. The van der Waals surface area contributed by atoms with Crippen LogP contribution in [0, 0.1) is 5.82 Å². The molecule has 0 radical (unpaired) electrons. The van der Waals surface area contributed by atoms with E-state index in [1.807, 2.05) is 35.2 Å². The van der Waals surface area contributed by atoms with Gasteiger partial charge in [-0.2, -0.15) is 0 Å². The molecular weight excluding hydrogens is 423 g/mol. The van der Waals surface area contributed by atoms with Gasteiger partial charge < -0.3 is 10.2 Å². The number of carbonyl (C=O) groups is 2. The Morgan fingerprint density at radius 2 is 1.90 bits per heavy atom. The summed E-state index contributed by atoms with van der Waals surface area (Å²) in [5, 5.41) is 11.7. The molecule has 0 unspecified atom stereocenters. The predicted molar refractivity (Wildman–Crippen MR) is 115 cm³/mol. The van der Waals surface area contributed by atoms with Crippen LogP contribution in [0.15, 0.2) is 59.5 Å². The van der Waals surface area contributed by atoms with Gasteiger partial charge in [0.15, 0.2) is 0 Å². The Morgan fingerprint density at radius 1 is 1.13 bits per heavy atom. The van der Waals surface area contributed by atoms with E-state index in [-0.39, 0.29) is 22.8 Å². The van der Waals surface area contributed by atoms with Crippen LogP contribution < -0.4 is 5.32 Å². The lowest BCUT2D eigenvalue weighted by atomic mass is 10.2. The fraction of sp³-hybridized carbons (Fsp3) is 0.238. The zero-order chi connectivity index (χ0) is 20.9. The summed E-state index contributed by atoms with van der Waals surface area (Å²) in [6.07, 6.45) is 1.69. The molecule has 2 amide bonds. The summed E-state index contributed by atoms with van der Waals surface area (Å²) in [4.78, 5) is 28.1. The van der Waals surface area contributed by atoms with Crippen molar-refractivity contribution < 1.29 is 14.0 Å². The molecule has 1 saturated heterocycles. The molecule has 0 bridgehead atoms. The number of amides is 2. The lowest BCUT2D eigenvalue weighted by Crippen LogP contribution is -2.31. The second kappa shape index (κ2) is 9.36. The van der Waals surface area contributed by atoms with E-state index in [2.05, 4.69) is 15.5 Å². The van der Waals surface area contributed by atoms with E-state index < -0.39 is 5.91 Å². The third-order valence-electron chi connectivity index (χ3n) is 4.70. The summed E-state index contributed by atoms with van der Waals surface area (Å²) >= 11 is 2.70. The van der Waals surface area contributed by atoms with Gasteiger partial charge in [-0.05, 0) is 49.2 Å². The maximum absolute atomic E-state index is 13.0. The number of benzene rings is 2. The van der Waals surface area contributed by atoms with Crippen molar-refractivity contribution in [2.75, 3.05) is 17.6 Å². The molecule has 6 nitrogen and oxygen atoms in total. The fourth-order valence-corrected chi connectivity index (χ4v) is 4.94. The largest absolute Gasteiger partial charge is 0.332 e. The van der Waals surface area contributed by atoms with Gasteiger partial charge >= 0.3 is 0 Å². The lowest BCUT2D eigenvalue weighted by molar-refractivity contribution is -0.129. The summed E-state index contributed by atoms with van der Waals surface area (Å²) in [6, 6.07) is 15.2. The summed E-state index contributed by atoms with van der Waals surface area (Å²) in [7, 11) is 0. The number of likely N-dealkylation sites (tertiary alicyclic amines) is 1. The van der Waals surface area contributed by atoms with E-state index in [0.717, 1.165) is 17.7 Å². The van der Waals surface area contributed by atoms with Crippen LogP contribution in [0.5, 0.6) is 0 Å². The molecule has 1 aliphatic rings. The Morgan fingerprint density at radius 3 is 2.67 bits per heavy atom. The Bertz CT molecular complexity index is 1030. The molecule has 0 spiro atoms. The highest BCUT2D eigenvalue weighted by atomic mass is 32.2. The molecule has 2 aromatic carbocycles. The Kier molecular flexibility index (Phi) is 6.39. The van der Waals surface area contributed by atoms with E-state index >= 15 is 0 Å². The Hall–Kier alpha value is -2.78. The van der Waals surface area contributed by atoms with Gasteiger partial charge in [0, 0.05) is 17.1 Å². The van der Waals surface area contributed by atoms with Crippen molar-refractivity contribution >= 4 is 40.6 Å². The molecule has 1 fully saturated rings. The number of anilines is 1.